The molecule has 2 saturated heterocycles. The Hall–Kier alpha value is -3.80. The van der Waals surface area contributed by atoms with Gasteiger partial charge in [-0.15, -0.1) is 0 Å². The van der Waals surface area contributed by atoms with Gasteiger partial charge in [-0.2, -0.15) is 0 Å². The number of hydrogen-bond acceptors (Lipinski definition) is 7. The van der Waals surface area contributed by atoms with Crippen molar-refractivity contribution < 1.29 is 33.8 Å². The Morgan fingerprint density at radius 1 is 1.00 bits per heavy atom. The van der Waals surface area contributed by atoms with Gasteiger partial charge in [-0.1, -0.05) is 102 Å². The van der Waals surface area contributed by atoms with Crippen LogP contribution < -0.4 is 5.32 Å². The maximum absolute atomic E-state index is 15.1. The molecule has 9 atom stereocenters. The number of aliphatic hydroxyl groups excluding tert-OH is 1. The SMILES string of the molecule is CCCC(C)N1C/C=C\CCC(=O)N[C@@H](C)[C@H](c2ccccc2)OC(=O)[C@H]2[C@@H]3O[C@@]4(C=C3Br)[C@@H]2C(=O)N([C@@H](CO)Cc2ccccc2)[C@@H]4C1=O. The summed E-state index contributed by atoms with van der Waals surface area (Å²) in [4.78, 5) is 60.8. The lowest BCUT2D eigenvalue weighted by molar-refractivity contribution is -0.162. The van der Waals surface area contributed by atoms with Crippen molar-refractivity contribution in [2.24, 2.45) is 11.8 Å². The molecular formula is C39H46BrN3O7. The van der Waals surface area contributed by atoms with Crippen LogP contribution in [-0.2, 0) is 35.1 Å². The Labute approximate surface area is 302 Å². The van der Waals surface area contributed by atoms with Crippen molar-refractivity contribution in [3.63, 3.8) is 0 Å². The number of ether oxygens (including phenoxy) is 2. The molecule has 4 aliphatic heterocycles. The van der Waals surface area contributed by atoms with Gasteiger partial charge in [0.15, 0.2) is 0 Å². The molecule has 3 amide bonds. The molecule has 2 fully saturated rings. The molecule has 0 aliphatic carbocycles. The third kappa shape index (κ3) is 6.67. The summed E-state index contributed by atoms with van der Waals surface area (Å²) in [5.41, 5.74) is 0.111. The molecule has 4 heterocycles. The summed E-state index contributed by atoms with van der Waals surface area (Å²) in [6, 6.07) is 16.0. The number of amides is 3. The highest BCUT2D eigenvalue weighted by molar-refractivity contribution is 9.11. The number of carbonyl (C=O) groups is 4. The van der Waals surface area contributed by atoms with Gasteiger partial charge in [0.05, 0.1) is 24.6 Å². The summed E-state index contributed by atoms with van der Waals surface area (Å²) in [6.45, 7) is 5.70. The fourth-order valence-corrected chi connectivity index (χ4v) is 8.92. The van der Waals surface area contributed by atoms with E-state index in [1.165, 1.54) is 4.90 Å². The summed E-state index contributed by atoms with van der Waals surface area (Å²) in [7, 11) is 0. The van der Waals surface area contributed by atoms with Crippen LogP contribution in [0.15, 0.2) is 83.4 Å². The van der Waals surface area contributed by atoms with Gasteiger partial charge in [-0.05, 0) is 50.3 Å². The lowest BCUT2D eigenvalue weighted by Crippen LogP contribution is -2.60. The third-order valence-electron chi connectivity index (χ3n) is 10.5. The minimum atomic E-state index is -1.48. The highest BCUT2D eigenvalue weighted by atomic mass is 79.9. The van der Waals surface area contributed by atoms with Crippen molar-refractivity contribution in [2.45, 2.75) is 94.9 Å². The van der Waals surface area contributed by atoms with Crippen molar-refractivity contribution in [3.8, 4) is 0 Å². The third-order valence-corrected chi connectivity index (χ3v) is 11.2. The summed E-state index contributed by atoms with van der Waals surface area (Å²) >= 11 is 3.63. The number of nitrogens with zero attached hydrogens (tertiary/aromatic N) is 2. The first-order valence-corrected chi connectivity index (χ1v) is 18.4. The van der Waals surface area contributed by atoms with E-state index in [4.69, 9.17) is 9.47 Å². The molecule has 0 radical (unpaired) electrons. The molecule has 0 saturated carbocycles. The Kier molecular flexibility index (Phi) is 11.0. The monoisotopic (exact) mass is 747 g/mol. The number of cyclic esters (lactones) is 1. The Morgan fingerprint density at radius 3 is 2.38 bits per heavy atom. The van der Waals surface area contributed by atoms with Gasteiger partial charge in [0.1, 0.15) is 29.8 Å². The van der Waals surface area contributed by atoms with Gasteiger partial charge in [0.2, 0.25) is 17.7 Å². The first-order chi connectivity index (χ1) is 24.1. The fourth-order valence-electron chi connectivity index (χ4n) is 8.18. The minimum absolute atomic E-state index is 0.184. The van der Waals surface area contributed by atoms with Crippen LogP contribution in [0.5, 0.6) is 0 Å². The maximum atomic E-state index is 15.1. The van der Waals surface area contributed by atoms with Gasteiger partial charge in [0, 0.05) is 23.5 Å². The van der Waals surface area contributed by atoms with E-state index in [-0.39, 0.29) is 30.8 Å². The molecule has 6 rings (SSSR count). The summed E-state index contributed by atoms with van der Waals surface area (Å²) in [5.74, 6) is -3.75. The fraction of sp³-hybridized carbons (Fsp3) is 0.487. The molecule has 50 heavy (non-hydrogen) atoms. The molecule has 2 aromatic carbocycles. The number of likely N-dealkylation sites (tertiary alicyclic amines) is 1. The highest BCUT2D eigenvalue weighted by Crippen LogP contribution is 2.59. The van der Waals surface area contributed by atoms with E-state index >= 15 is 4.79 Å². The van der Waals surface area contributed by atoms with Gasteiger partial charge >= 0.3 is 5.97 Å². The van der Waals surface area contributed by atoms with E-state index in [2.05, 4.69) is 28.2 Å². The van der Waals surface area contributed by atoms with E-state index in [1.54, 1.807) is 17.9 Å². The number of rotatable bonds is 8. The van der Waals surface area contributed by atoms with E-state index < -0.39 is 66.3 Å². The molecule has 5 bridgehead atoms. The molecule has 1 spiro atoms. The second kappa shape index (κ2) is 15.2. The van der Waals surface area contributed by atoms with E-state index in [0.717, 1.165) is 18.4 Å². The molecule has 10 nitrogen and oxygen atoms in total. The quantitative estimate of drug-likeness (QED) is 0.298. The smallest absolute Gasteiger partial charge is 0.313 e. The van der Waals surface area contributed by atoms with Crippen molar-refractivity contribution in [3.05, 3.63) is 94.5 Å². The van der Waals surface area contributed by atoms with Gasteiger partial charge in [-0.25, -0.2) is 0 Å². The van der Waals surface area contributed by atoms with E-state index in [9.17, 15) is 19.5 Å². The lowest BCUT2D eigenvalue weighted by Gasteiger charge is -2.40. The Bertz CT molecular complexity index is 1630. The summed E-state index contributed by atoms with van der Waals surface area (Å²) in [6.07, 6.45) is 6.40. The lowest BCUT2D eigenvalue weighted by atomic mass is 9.74. The zero-order valence-corrected chi connectivity index (χ0v) is 30.3. The number of fused-ring (bicyclic) bond motifs is 2. The van der Waals surface area contributed by atoms with Crippen LogP contribution in [0, 0.1) is 11.8 Å². The predicted molar refractivity (Wildman–Crippen MR) is 191 cm³/mol. The standard InChI is InChI=1S/C39H46BrN3O7/c1-4-14-24(2)42-20-13-7-12-19-30(45)41-25(3)33(27-17-10-6-11-18-27)49-38(48)31-32-36(46)43(28(23-44)21-26-15-8-5-9-16-26)35(37(42)47)39(32)22-29(40)34(31)50-39/h5-11,13,15-18,22,24-25,28,31-35,44H,4,12,14,19-21,23H2,1-3H3,(H,41,45)/b13-7-/t24?,25-,28+,31+,32-,33+,34+,35+,39-/m0/s1. The van der Waals surface area contributed by atoms with Crippen molar-refractivity contribution in [1.29, 1.82) is 0 Å². The number of halogens is 1. The predicted octanol–water partition coefficient (Wildman–Crippen LogP) is 4.62. The van der Waals surface area contributed by atoms with E-state index in [1.807, 2.05) is 79.7 Å². The van der Waals surface area contributed by atoms with Crippen LogP contribution in [-0.4, -0.2) is 87.6 Å². The van der Waals surface area contributed by atoms with Crippen LogP contribution in [0.1, 0.15) is 63.7 Å². The average molecular weight is 749 g/mol. The number of hydrogen-bond donors (Lipinski definition) is 2. The molecule has 266 valence electrons. The summed E-state index contributed by atoms with van der Waals surface area (Å²) in [5, 5.41) is 13.9. The highest BCUT2D eigenvalue weighted by Gasteiger charge is 2.75. The number of allylic oxidation sites excluding steroid dienone is 1. The van der Waals surface area contributed by atoms with Crippen LogP contribution >= 0.6 is 15.9 Å². The molecule has 0 aromatic heterocycles. The number of aliphatic hydroxyl groups is 1. The van der Waals surface area contributed by atoms with Crippen molar-refractivity contribution >= 4 is 39.6 Å². The molecule has 11 heteroatoms. The van der Waals surface area contributed by atoms with Crippen LogP contribution in [0.25, 0.3) is 0 Å². The normalized spacial score (nSPS) is 31.9. The van der Waals surface area contributed by atoms with Gasteiger partial charge in [-0.3, -0.25) is 19.2 Å². The molecule has 1 unspecified atom stereocenters. The van der Waals surface area contributed by atoms with Crippen LogP contribution in [0.4, 0.5) is 0 Å². The number of benzene rings is 2. The minimum Gasteiger partial charge on any atom is -0.455 e. The number of esters is 1. The first kappa shape index (κ1) is 36.0. The maximum Gasteiger partial charge on any atom is 0.313 e. The van der Waals surface area contributed by atoms with Crippen LogP contribution in [0.2, 0.25) is 0 Å². The first-order valence-electron chi connectivity index (χ1n) is 17.6. The second-order valence-corrected chi connectivity index (χ2v) is 14.8. The molecule has 4 aliphatic rings. The molecule has 2 N–H and O–H groups in total. The second-order valence-electron chi connectivity index (χ2n) is 13.9. The van der Waals surface area contributed by atoms with E-state index in [0.29, 0.717) is 22.9 Å². The van der Waals surface area contributed by atoms with Crippen LogP contribution in [0.3, 0.4) is 0 Å². The topological polar surface area (TPSA) is 125 Å². The van der Waals surface area contributed by atoms with Gasteiger partial charge < -0.3 is 29.7 Å². The molecule has 2 aromatic rings. The zero-order valence-electron chi connectivity index (χ0n) is 28.7. The zero-order chi connectivity index (χ0) is 35.6. The Balaban J connectivity index is 1.48. The largest absolute Gasteiger partial charge is 0.455 e. The average Bonchev–Trinajstić information content (AvgIpc) is 3.71. The van der Waals surface area contributed by atoms with Gasteiger partial charge in [0.25, 0.3) is 0 Å². The van der Waals surface area contributed by atoms with Crippen molar-refractivity contribution in [1.82, 2.24) is 15.1 Å². The summed E-state index contributed by atoms with van der Waals surface area (Å²) < 4.78 is 13.5. The molecular weight excluding hydrogens is 702 g/mol. The number of carbonyl (C=O) groups excluding carboxylic acids is 4. The number of nitrogens with one attached hydrogen (secondary N) is 1. The van der Waals surface area contributed by atoms with Crippen molar-refractivity contribution in [2.75, 3.05) is 13.2 Å². The Morgan fingerprint density at radius 2 is 1.70 bits per heavy atom.